The number of halogens is 1. The van der Waals surface area contributed by atoms with E-state index in [4.69, 9.17) is 31.5 Å². The minimum absolute atomic E-state index is 0.0533. The van der Waals surface area contributed by atoms with Crippen molar-refractivity contribution in [2.45, 2.75) is 26.7 Å². The second kappa shape index (κ2) is 9.41. The minimum atomic E-state index is -0.977. The van der Waals surface area contributed by atoms with Gasteiger partial charge < -0.3 is 19.9 Å². The predicted molar refractivity (Wildman–Crippen MR) is 101 cm³/mol. The number of aliphatic imine (C=N–C) groups is 1. The molecule has 1 aliphatic rings. The van der Waals surface area contributed by atoms with Gasteiger partial charge in [-0.2, -0.15) is 4.99 Å². The zero-order valence-corrected chi connectivity index (χ0v) is 16.3. The number of rotatable bonds is 6. The maximum atomic E-state index is 12.8. The molecule has 2 atom stereocenters. The molecule has 0 spiro atoms. The number of carbonyl (C=O) groups excluding carboxylic acids is 2. The molecule has 1 aromatic carbocycles. The molecule has 1 heterocycles. The lowest BCUT2D eigenvalue weighted by atomic mass is 9.78. The van der Waals surface area contributed by atoms with E-state index >= 15 is 0 Å². The van der Waals surface area contributed by atoms with Crippen molar-refractivity contribution >= 4 is 29.4 Å². The van der Waals surface area contributed by atoms with Crippen LogP contribution >= 0.6 is 11.6 Å². The van der Waals surface area contributed by atoms with E-state index in [1.807, 2.05) is 0 Å². The third-order valence-electron chi connectivity index (χ3n) is 3.95. The van der Waals surface area contributed by atoms with Gasteiger partial charge in [-0.05, 0) is 38.5 Å². The van der Waals surface area contributed by atoms with Crippen molar-refractivity contribution in [3.05, 3.63) is 46.2 Å². The van der Waals surface area contributed by atoms with Crippen LogP contribution in [0.5, 0.6) is 0 Å². The number of carbonyl (C=O) groups is 2. The summed E-state index contributed by atoms with van der Waals surface area (Å²) >= 11 is 6.13. The van der Waals surface area contributed by atoms with Crippen LogP contribution in [0.1, 0.15) is 32.3 Å². The first-order valence-corrected chi connectivity index (χ1v) is 9.12. The molecule has 0 amide bonds. The molecular weight excluding hydrogens is 372 g/mol. The molecular formula is C19H23ClN2O5. The van der Waals surface area contributed by atoms with Crippen molar-refractivity contribution in [3.8, 4) is 0 Å². The molecule has 2 rings (SSSR count). The van der Waals surface area contributed by atoms with Crippen LogP contribution in [0.4, 0.5) is 0 Å². The summed E-state index contributed by atoms with van der Waals surface area (Å²) in [4.78, 5) is 29.5. The van der Waals surface area contributed by atoms with Gasteiger partial charge in [0.2, 0.25) is 5.90 Å². The molecule has 8 heteroatoms. The fourth-order valence-electron chi connectivity index (χ4n) is 2.96. The maximum absolute atomic E-state index is 12.8. The maximum Gasteiger partial charge on any atom is 0.338 e. The van der Waals surface area contributed by atoms with Gasteiger partial charge in [0.1, 0.15) is 11.7 Å². The van der Waals surface area contributed by atoms with Crippen molar-refractivity contribution in [3.63, 3.8) is 0 Å². The summed E-state index contributed by atoms with van der Waals surface area (Å²) in [5, 5.41) is 0.456. The number of hydrogen-bond donors (Lipinski definition) is 1. The lowest BCUT2D eigenvalue weighted by Gasteiger charge is -2.31. The van der Waals surface area contributed by atoms with Gasteiger partial charge in [0.15, 0.2) is 0 Å². The summed E-state index contributed by atoms with van der Waals surface area (Å²) in [5.41, 5.74) is 6.75. The summed E-state index contributed by atoms with van der Waals surface area (Å²) in [6, 6.07) is 6.84. The SMILES string of the molecule is CCOC(=O)C1=C(N)N=C(OCC)C(C(=O)OCC)C1c1cccc(Cl)c1. The first-order valence-electron chi connectivity index (χ1n) is 8.74. The van der Waals surface area contributed by atoms with Crippen molar-refractivity contribution < 1.29 is 23.8 Å². The molecule has 0 aromatic heterocycles. The third kappa shape index (κ3) is 4.60. The quantitative estimate of drug-likeness (QED) is 0.744. The van der Waals surface area contributed by atoms with Crippen molar-refractivity contribution in [1.82, 2.24) is 0 Å². The van der Waals surface area contributed by atoms with Gasteiger partial charge in [-0.3, -0.25) is 4.79 Å². The monoisotopic (exact) mass is 394 g/mol. The molecule has 0 aliphatic carbocycles. The Bertz CT molecular complexity index is 775. The zero-order chi connectivity index (χ0) is 20.0. The van der Waals surface area contributed by atoms with Crippen LogP contribution in [0, 0.1) is 5.92 Å². The van der Waals surface area contributed by atoms with Crippen molar-refractivity contribution in [2.75, 3.05) is 19.8 Å². The summed E-state index contributed by atoms with van der Waals surface area (Å²) in [7, 11) is 0. The normalized spacial score (nSPS) is 19.3. The van der Waals surface area contributed by atoms with Crippen LogP contribution in [0.25, 0.3) is 0 Å². The highest BCUT2D eigenvalue weighted by atomic mass is 35.5. The van der Waals surface area contributed by atoms with Gasteiger partial charge in [-0.1, -0.05) is 23.7 Å². The van der Waals surface area contributed by atoms with Crippen LogP contribution in [-0.4, -0.2) is 37.7 Å². The van der Waals surface area contributed by atoms with Gasteiger partial charge in [0.05, 0.1) is 25.4 Å². The number of benzene rings is 1. The number of hydrogen-bond acceptors (Lipinski definition) is 7. The van der Waals surface area contributed by atoms with Crippen LogP contribution in [-0.2, 0) is 23.8 Å². The average Bonchev–Trinajstić information content (AvgIpc) is 2.61. The fraction of sp³-hybridized carbons (Fsp3) is 0.421. The van der Waals surface area contributed by atoms with E-state index in [9.17, 15) is 9.59 Å². The molecule has 27 heavy (non-hydrogen) atoms. The first kappa shape index (κ1) is 20.8. The minimum Gasteiger partial charge on any atom is -0.480 e. The zero-order valence-electron chi connectivity index (χ0n) is 15.5. The molecule has 1 aliphatic heterocycles. The van der Waals surface area contributed by atoms with Gasteiger partial charge in [0.25, 0.3) is 0 Å². The molecule has 0 fully saturated rings. The second-order valence-corrected chi connectivity index (χ2v) is 6.10. The summed E-state index contributed by atoms with van der Waals surface area (Å²) in [5.74, 6) is -2.93. The Morgan fingerprint density at radius 2 is 1.85 bits per heavy atom. The van der Waals surface area contributed by atoms with Crippen LogP contribution in [0.3, 0.4) is 0 Å². The Morgan fingerprint density at radius 1 is 1.15 bits per heavy atom. The van der Waals surface area contributed by atoms with Gasteiger partial charge in [-0.15, -0.1) is 0 Å². The highest BCUT2D eigenvalue weighted by Gasteiger charge is 2.45. The predicted octanol–water partition coefficient (Wildman–Crippen LogP) is 2.78. The fourth-order valence-corrected chi connectivity index (χ4v) is 3.15. The van der Waals surface area contributed by atoms with Gasteiger partial charge in [0, 0.05) is 10.9 Å². The van der Waals surface area contributed by atoms with E-state index < -0.39 is 23.8 Å². The van der Waals surface area contributed by atoms with Gasteiger partial charge in [-0.25, -0.2) is 4.79 Å². The number of esters is 2. The second-order valence-electron chi connectivity index (χ2n) is 5.66. The Morgan fingerprint density at radius 3 is 2.44 bits per heavy atom. The van der Waals surface area contributed by atoms with Crippen LogP contribution in [0.15, 0.2) is 40.7 Å². The van der Waals surface area contributed by atoms with E-state index in [0.717, 1.165) is 0 Å². The first-order chi connectivity index (χ1) is 12.9. The van der Waals surface area contributed by atoms with E-state index in [2.05, 4.69) is 4.99 Å². The van der Waals surface area contributed by atoms with E-state index in [-0.39, 0.29) is 37.1 Å². The molecule has 0 radical (unpaired) electrons. The lowest BCUT2D eigenvalue weighted by Crippen LogP contribution is -2.40. The molecule has 0 bridgehead atoms. The molecule has 146 valence electrons. The summed E-state index contributed by atoms with van der Waals surface area (Å²) in [6.07, 6.45) is 0. The molecule has 1 aromatic rings. The Kier molecular flexibility index (Phi) is 7.24. The molecule has 7 nitrogen and oxygen atoms in total. The Balaban J connectivity index is 2.67. The third-order valence-corrected chi connectivity index (χ3v) is 4.19. The van der Waals surface area contributed by atoms with E-state index in [0.29, 0.717) is 10.6 Å². The lowest BCUT2D eigenvalue weighted by molar-refractivity contribution is -0.146. The van der Waals surface area contributed by atoms with E-state index in [1.54, 1.807) is 45.0 Å². The van der Waals surface area contributed by atoms with E-state index in [1.165, 1.54) is 0 Å². The molecule has 0 saturated carbocycles. The van der Waals surface area contributed by atoms with Crippen molar-refractivity contribution in [2.24, 2.45) is 16.6 Å². The average molecular weight is 395 g/mol. The highest BCUT2D eigenvalue weighted by molar-refractivity contribution is 6.30. The van der Waals surface area contributed by atoms with Crippen molar-refractivity contribution in [1.29, 1.82) is 0 Å². The Labute approximate surface area is 163 Å². The Hall–Kier alpha value is -2.54. The van der Waals surface area contributed by atoms with Crippen LogP contribution in [0.2, 0.25) is 5.02 Å². The van der Waals surface area contributed by atoms with Crippen LogP contribution < -0.4 is 5.73 Å². The highest BCUT2D eigenvalue weighted by Crippen LogP contribution is 2.40. The number of nitrogens with zero attached hydrogens (tertiary/aromatic N) is 1. The smallest absolute Gasteiger partial charge is 0.338 e. The number of ether oxygens (including phenoxy) is 3. The molecule has 0 saturated heterocycles. The topological polar surface area (TPSA) is 100 Å². The molecule has 2 unspecified atom stereocenters. The molecule has 2 N–H and O–H groups in total. The standard InChI is InChI=1S/C19H23ClN2O5/c1-4-25-17-15(19(24)27-6-3)13(11-8-7-9-12(20)10-11)14(16(21)22-17)18(23)26-5-2/h7-10,13,15H,4-6,21H2,1-3H3. The number of nitrogens with two attached hydrogens (primary N) is 1. The summed E-state index contributed by atoms with van der Waals surface area (Å²) in [6.45, 7) is 5.75. The summed E-state index contributed by atoms with van der Waals surface area (Å²) < 4.78 is 15.9. The largest absolute Gasteiger partial charge is 0.480 e. The van der Waals surface area contributed by atoms with Gasteiger partial charge >= 0.3 is 11.9 Å².